The molecule has 3 aromatic rings. The van der Waals surface area contributed by atoms with Crippen molar-refractivity contribution < 1.29 is 4.79 Å². The summed E-state index contributed by atoms with van der Waals surface area (Å²) in [7, 11) is 0. The number of hydrogen-bond donors (Lipinski definition) is 1. The van der Waals surface area contributed by atoms with Crippen LogP contribution in [0.15, 0.2) is 47.0 Å². The van der Waals surface area contributed by atoms with Crippen molar-refractivity contribution >= 4 is 33.3 Å². The number of anilines is 1. The first-order valence-electron chi connectivity index (χ1n) is 8.09. The molecule has 0 bridgehead atoms. The summed E-state index contributed by atoms with van der Waals surface area (Å²) in [6.07, 6.45) is 4.07. The van der Waals surface area contributed by atoms with Gasteiger partial charge in [-0.2, -0.15) is 0 Å². The second-order valence-electron chi connectivity index (χ2n) is 6.00. The number of nitrogens with zero attached hydrogens (tertiary/aromatic N) is 4. The number of fused-ring (bicyclic) bond motifs is 1. The van der Waals surface area contributed by atoms with Gasteiger partial charge in [-0.25, -0.2) is 9.97 Å². The number of aromatic nitrogens is 3. The van der Waals surface area contributed by atoms with E-state index in [0.717, 1.165) is 25.3 Å². The summed E-state index contributed by atoms with van der Waals surface area (Å²) in [4.78, 5) is 36.0. The second kappa shape index (κ2) is 6.64. The molecule has 0 aliphatic carbocycles. The Morgan fingerprint density at radius 3 is 3.08 bits per heavy atom. The van der Waals surface area contributed by atoms with E-state index < -0.39 is 0 Å². The Morgan fingerprint density at radius 2 is 2.24 bits per heavy atom. The molecular formula is C17H17N5O2S. The molecule has 0 radical (unpaired) electrons. The first-order valence-corrected chi connectivity index (χ1v) is 8.96. The standard InChI is InChI=1S/C17H17N5O2S/c23-15(10-22-11-19-16-13(17(22)24)5-8-25-16)20-12-4-7-21(9-12)14-3-1-2-6-18-14/h1-3,5-6,8,11-12H,4,7,9-10H2,(H,20,23). The van der Waals surface area contributed by atoms with Gasteiger partial charge in [0.15, 0.2) is 0 Å². The molecule has 1 aliphatic heterocycles. The van der Waals surface area contributed by atoms with Gasteiger partial charge in [0, 0.05) is 25.3 Å². The predicted molar refractivity (Wildman–Crippen MR) is 96.9 cm³/mol. The van der Waals surface area contributed by atoms with Gasteiger partial charge in [0.2, 0.25) is 5.91 Å². The Kier molecular flexibility index (Phi) is 4.19. The molecule has 1 unspecified atom stereocenters. The lowest BCUT2D eigenvalue weighted by Gasteiger charge is -2.17. The monoisotopic (exact) mass is 355 g/mol. The van der Waals surface area contributed by atoms with E-state index in [1.807, 2.05) is 23.6 Å². The molecule has 0 saturated carbocycles. The van der Waals surface area contributed by atoms with Crippen molar-refractivity contribution in [3.8, 4) is 0 Å². The normalized spacial score (nSPS) is 17.1. The van der Waals surface area contributed by atoms with Crippen LogP contribution < -0.4 is 15.8 Å². The van der Waals surface area contributed by atoms with Crippen molar-refractivity contribution in [1.29, 1.82) is 0 Å². The van der Waals surface area contributed by atoms with Crippen molar-refractivity contribution in [2.75, 3.05) is 18.0 Å². The van der Waals surface area contributed by atoms with Crippen molar-refractivity contribution in [3.63, 3.8) is 0 Å². The molecule has 7 nitrogen and oxygen atoms in total. The molecule has 1 amide bonds. The molecule has 128 valence electrons. The summed E-state index contributed by atoms with van der Waals surface area (Å²) in [5.41, 5.74) is -0.178. The van der Waals surface area contributed by atoms with E-state index in [4.69, 9.17) is 0 Å². The van der Waals surface area contributed by atoms with E-state index in [-0.39, 0.29) is 24.1 Å². The van der Waals surface area contributed by atoms with Gasteiger partial charge in [0.1, 0.15) is 17.2 Å². The average Bonchev–Trinajstić information content (AvgIpc) is 3.28. The number of hydrogen-bond acceptors (Lipinski definition) is 6. The lowest BCUT2D eigenvalue weighted by Crippen LogP contribution is -2.40. The van der Waals surface area contributed by atoms with E-state index in [2.05, 4.69) is 20.2 Å². The zero-order chi connectivity index (χ0) is 17.2. The Bertz CT molecular complexity index is 952. The maximum absolute atomic E-state index is 12.3. The zero-order valence-corrected chi connectivity index (χ0v) is 14.3. The molecule has 3 aromatic heterocycles. The van der Waals surface area contributed by atoms with E-state index in [1.165, 1.54) is 22.2 Å². The van der Waals surface area contributed by atoms with Gasteiger partial charge in [-0.3, -0.25) is 14.2 Å². The fraction of sp³-hybridized carbons (Fsp3) is 0.294. The Hall–Kier alpha value is -2.74. The summed E-state index contributed by atoms with van der Waals surface area (Å²) in [6, 6.07) is 7.60. The summed E-state index contributed by atoms with van der Waals surface area (Å²) >= 11 is 1.42. The highest BCUT2D eigenvalue weighted by molar-refractivity contribution is 7.16. The molecule has 8 heteroatoms. The third-order valence-corrected chi connectivity index (χ3v) is 5.11. The molecule has 0 spiro atoms. The van der Waals surface area contributed by atoms with E-state index in [0.29, 0.717) is 10.2 Å². The topological polar surface area (TPSA) is 80.1 Å². The first kappa shape index (κ1) is 15.8. The lowest BCUT2D eigenvalue weighted by atomic mass is 10.2. The predicted octanol–water partition coefficient (Wildman–Crippen LogP) is 1.25. The summed E-state index contributed by atoms with van der Waals surface area (Å²) < 4.78 is 1.36. The number of carbonyl (C=O) groups excluding carboxylic acids is 1. The smallest absolute Gasteiger partial charge is 0.262 e. The molecule has 1 saturated heterocycles. The van der Waals surface area contributed by atoms with Gasteiger partial charge in [-0.15, -0.1) is 11.3 Å². The van der Waals surface area contributed by atoms with Gasteiger partial charge in [0.25, 0.3) is 5.56 Å². The first-order chi connectivity index (χ1) is 12.2. The molecule has 4 rings (SSSR count). The maximum Gasteiger partial charge on any atom is 0.262 e. The molecule has 1 N–H and O–H groups in total. The summed E-state index contributed by atoms with van der Waals surface area (Å²) in [6.45, 7) is 1.56. The molecule has 25 heavy (non-hydrogen) atoms. The number of rotatable bonds is 4. The van der Waals surface area contributed by atoms with E-state index in [9.17, 15) is 9.59 Å². The quantitative estimate of drug-likeness (QED) is 0.762. The van der Waals surface area contributed by atoms with Gasteiger partial charge in [-0.1, -0.05) is 6.07 Å². The summed E-state index contributed by atoms with van der Waals surface area (Å²) in [5.74, 6) is 0.744. The highest BCUT2D eigenvalue weighted by atomic mass is 32.1. The second-order valence-corrected chi connectivity index (χ2v) is 6.90. The fourth-order valence-electron chi connectivity index (χ4n) is 3.06. The van der Waals surface area contributed by atoms with Crippen LogP contribution in [0, 0.1) is 0 Å². The highest BCUT2D eigenvalue weighted by Gasteiger charge is 2.24. The van der Waals surface area contributed by atoms with E-state index >= 15 is 0 Å². The van der Waals surface area contributed by atoms with Gasteiger partial charge in [0.05, 0.1) is 11.7 Å². The Morgan fingerprint density at radius 1 is 1.32 bits per heavy atom. The number of nitrogens with one attached hydrogen (secondary N) is 1. The van der Waals surface area contributed by atoms with E-state index in [1.54, 1.807) is 12.3 Å². The average molecular weight is 355 g/mol. The number of carbonyl (C=O) groups is 1. The largest absolute Gasteiger partial charge is 0.354 e. The molecule has 1 atom stereocenters. The minimum absolute atomic E-state index is 0.0162. The van der Waals surface area contributed by atoms with Crippen molar-refractivity contribution in [2.45, 2.75) is 19.0 Å². The van der Waals surface area contributed by atoms with Crippen LogP contribution in [0.25, 0.3) is 10.2 Å². The third kappa shape index (κ3) is 3.25. The molecule has 1 fully saturated rings. The van der Waals surface area contributed by atoms with Crippen molar-refractivity contribution in [1.82, 2.24) is 19.9 Å². The highest BCUT2D eigenvalue weighted by Crippen LogP contribution is 2.17. The van der Waals surface area contributed by atoms with Crippen molar-refractivity contribution in [3.05, 3.63) is 52.5 Å². The van der Waals surface area contributed by atoms with Crippen LogP contribution in [0.3, 0.4) is 0 Å². The van der Waals surface area contributed by atoms with Crippen molar-refractivity contribution in [2.24, 2.45) is 0 Å². The molecular weight excluding hydrogens is 338 g/mol. The third-order valence-electron chi connectivity index (χ3n) is 4.29. The molecule has 0 aromatic carbocycles. The van der Waals surface area contributed by atoms with Gasteiger partial charge < -0.3 is 10.2 Å². The van der Waals surface area contributed by atoms with Crippen LogP contribution in [-0.2, 0) is 11.3 Å². The zero-order valence-electron chi connectivity index (χ0n) is 13.5. The van der Waals surface area contributed by atoms with Crippen LogP contribution in [0.1, 0.15) is 6.42 Å². The summed E-state index contributed by atoms with van der Waals surface area (Å²) in [5, 5.41) is 5.39. The number of pyridine rings is 1. The van der Waals surface area contributed by atoms with Gasteiger partial charge in [-0.05, 0) is 30.0 Å². The van der Waals surface area contributed by atoms with Crippen LogP contribution in [0.5, 0.6) is 0 Å². The van der Waals surface area contributed by atoms with Gasteiger partial charge >= 0.3 is 0 Å². The van der Waals surface area contributed by atoms with Crippen LogP contribution >= 0.6 is 11.3 Å². The van der Waals surface area contributed by atoms with Crippen LogP contribution in [-0.4, -0.2) is 39.6 Å². The molecule has 1 aliphatic rings. The fourth-order valence-corrected chi connectivity index (χ4v) is 3.78. The van der Waals surface area contributed by atoms with Crippen LogP contribution in [0.2, 0.25) is 0 Å². The minimum atomic E-state index is -0.178. The maximum atomic E-state index is 12.3. The lowest BCUT2D eigenvalue weighted by molar-refractivity contribution is -0.122. The van der Waals surface area contributed by atoms with Crippen LogP contribution in [0.4, 0.5) is 5.82 Å². The Balaban J connectivity index is 1.39. The molecule has 4 heterocycles. The number of thiophene rings is 1. The minimum Gasteiger partial charge on any atom is -0.354 e. The number of amides is 1. The SMILES string of the molecule is O=C(Cn1cnc2sccc2c1=O)NC1CCN(c2ccccn2)C1. The Labute approximate surface area is 147 Å².